The Bertz CT molecular complexity index is 361. The second-order valence-corrected chi connectivity index (χ2v) is 7.91. The lowest BCUT2D eigenvalue weighted by molar-refractivity contribution is -0.890. The molecule has 0 saturated heterocycles. The van der Waals surface area contributed by atoms with Crippen molar-refractivity contribution in [2.75, 3.05) is 33.8 Å². The molecule has 0 aromatic rings. The van der Waals surface area contributed by atoms with Crippen LogP contribution in [-0.4, -0.2) is 51.2 Å². The number of hydrogen-bond acceptors (Lipinski definition) is 3. The van der Waals surface area contributed by atoms with E-state index in [2.05, 4.69) is 25.2 Å². The van der Waals surface area contributed by atoms with Gasteiger partial charge in [0.05, 0.1) is 20.6 Å². The van der Waals surface area contributed by atoms with Crippen molar-refractivity contribution in [3.05, 3.63) is 0 Å². The standard InChI is InChI=1S/C16H35NO4S.BrH/c1-4-5-6-7-8-9-10-11-12-13-14-17(2,3)15-16-21-22(18,19)20;/h4-16H2,1-3H3;1H. The maximum atomic E-state index is 10.5. The van der Waals surface area contributed by atoms with Crippen LogP contribution < -0.4 is 17.0 Å². The number of rotatable bonds is 15. The zero-order valence-electron chi connectivity index (χ0n) is 15.1. The van der Waals surface area contributed by atoms with Crippen LogP contribution in [0.1, 0.15) is 71.1 Å². The largest absolute Gasteiger partial charge is 1.00 e. The minimum absolute atomic E-state index is 0. The van der Waals surface area contributed by atoms with E-state index in [1.165, 1.54) is 57.8 Å². The molecule has 0 fully saturated rings. The number of quaternary nitrogens is 1. The van der Waals surface area contributed by atoms with Crippen LogP contribution in [0.15, 0.2) is 0 Å². The van der Waals surface area contributed by atoms with Crippen LogP contribution in [0.4, 0.5) is 0 Å². The Morgan fingerprint density at radius 2 is 1.26 bits per heavy atom. The highest BCUT2D eigenvalue weighted by Gasteiger charge is 2.16. The van der Waals surface area contributed by atoms with Crippen molar-refractivity contribution in [3.63, 3.8) is 0 Å². The Hall–Kier alpha value is 0.310. The summed E-state index contributed by atoms with van der Waals surface area (Å²) in [6.45, 7) is 3.86. The molecule has 23 heavy (non-hydrogen) atoms. The van der Waals surface area contributed by atoms with Crippen molar-refractivity contribution in [3.8, 4) is 0 Å². The van der Waals surface area contributed by atoms with Crippen LogP contribution in [0, 0.1) is 0 Å². The molecule has 0 radical (unpaired) electrons. The van der Waals surface area contributed by atoms with Crippen LogP contribution in [-0.2, 0) is 14.6 Å². The molecule has 0 heterocycles. The fourth-order valence-electron chi connectivity index (χ4n) is 2.53. The van der Waals surface area contributed by atoms with Crippen LogP contribution in [0.2, 0.25) is 0 Å². The highest BCUT2D eigenvalue weighted by Crippen LogP contribution is 2.11. The number of hydrogen-bond donors (Lipinski definition) is 1. The summed E-state index contributed by atoms with van der Waals surface area (Å²) >= 11 is 0. The molecule has 0 spiro atoms. The van der Waals surface area contributed by atoms with Gasteiger partial charge in [-0.05, 0) is 12.8 Å². The number of halogens is 1. The highest BCUT2D eigenvalue weighted by molar-refractivity contribution is 7.80. The summed E-state index contributed by atoms with van der Waals surface area (Å²) in [6, 6.07) is 0. The summed E-state index contributed by atoms with van der Waals surface area (Å²) in [5.74, 6) is 0. The van der Waals surface area contributed by atoms with E-state index in [0.29, 0.717) is 11.0 Å². The molecule has 0 bridgehead atoms. The van der Waals surface area contributed by atoms with Crippen LogP contribution in [0.3, 0.4) is 0 Å². The molecule has 5 nitrogen and oxygen atoms in total. The van der Waals surface area contributed by atoms with Gasteiger partial charge in [0.1, 0.15) is 13.2 Å². The molecule has 7 heteroatoms. The fourth-order valence-corrected chi connectivity index (χ4v) is 2.81. The van der Waals surface area contributed by atoms with E-state index in [-0.39, 0.29) is 23.6 Å². The van der Waals surface area contributed by atoms with Crippen molar-refractivity contribution in [2.24, 2.45) is 0 Å². The number of unbranched alkanes of at least 4 members (excludes halogenated alkanes) is 9. The van der Waals surface area contributed by atoms with Crippen molar-refractivity contribution < 1.29 is 38.6 Å². The molecule has 0 atom stereocenters. The van der Waals surface area contributed by atoms with Crippen LogP contribution in [0.25, 0.3) is 0 Å². The first-order valence-corrected chi connectivity index (χ1v) is 10.1. The van der Waals surface area contributed by atoms with E-state index < -0.39 is 10.4 Å². The zero-order chi connectivity index (χ0) is 16.9. The molecular weight excluding hydrogens is 382 g/mol. The van der Waals surface area contributed by atoms with Gasteiger partial charge in [-0.15, -0.1) is 0 Å². The Morgan fingerprint density at radius 3 is 1.70 bits per heavy atom. The Balaban J connectivity index is 0. The Morgan fingerprint density at radius 1 is 0.826 bits per heavy atom. The monoisotopic (exact) mass is 417 g/mol. The first-order chi connectivity index (χ1) is 10.3. The van der Waals surface area contributed by atoms with E-state index in [1.54, 1.807) is 0 Å². The quantitative estimate of drug-likeness (QED) is 0.243. The molecule has 142 valence electrons. The summed E-state index contributed by atoms with van der Waals surface area (Å²) in [5.41, 5.74) is 0. The summed E-state index contributed by atoms with van der Waals surface area (Å²) in [5, 5.41) is 0. The van der Waals surface area contributed by atoms with E-state index in [4.69, 9.17) is 4.55 Å². The predicted molar refractivity (Wildman–Crippen MR) is 91.2 cm³/mol. The minimum Gasteiger partial charge on any atom is -1.00 e. The molecule has 0 aliphatic carbocycles. The molecule has 0 saturated carbocycles. The molecule has 0 aromatic heterocycles. The maximum absolute atomic E-state index is 10.5. The number of likely N-dealkylation sites (N-methyl/N-ethyl adjacent to an activating group) is 1. The average Bonchev–Trinajstić information content (AvgIpc) is 2.39. The fraction of sp³-hybridized carbons (Fsp3) is 1.00. The van der Waals surface area contributed by atoms with Crippen molar-refractivity contribution in [2.45, 2.75) is 71.1 Å². The van der Waals surface area contributed by atoms with Gasteiger partial charge in [0.25, 0.3) is 0 Å². The van der Waals surface area contributed by atoms with Gasteiger partial charge in [0.2, 0.25) is 0 Å². The molecule has 0 aliphatic rings. The lowest BCUT2D eigenvalue weighted by Crippen LogP contribution is -3.00. The van der Waals surface area contributed by atoms with Gasteiger partial charge in [0.15, 0.2) is 0 Å². The Kier molecular flexibility index (Phi) is 16.3. The maximum Gasteiger partial charge on any atom is 0.397 e. The molecule has 0 rings (SSSR count). The lowest BCUT2D eigenvalue weighted by Gasteiger charge is -2.29. The highest BCUT2D eigenvalue weighted by atomic mass is 79.9. The zero-order valence-corrected chi connectivity index (χ0v) is 17.5. The first-order valence-electron chi connectivity index (χ1n) is 8.71. The van der Waals surface area contributed by atoms with Gasteiger partial charge in [0, 0.05) is 0 Å². The minimum atomic E-state index is -4.30. The summed E-state index contributed by atoms with van der Waals surface area (Å²) < 4.78 is 34.6. The predicted octanol–water partition coefficient (Wildman–Crippen LogP) is 0.807. The third-order valence-electron chi connectivity index (χ3n) is 4.05. The second-order valence-electron chi connectivity index (χ2n) is 6.81. The SMILES string of the molecule is CCCCCCCCCCCC[N+](C)(C)CCOS(=O)(=O)O.[Br-]. The van der Waals surface area contributed by atoms with Crippen molar-refractivity contribution >= 4 is 10.4 Å². The second kappa shape index (κ2) is 14.6. The number of nitrogens with zero attached hydrogens (tertiary/aromatic N) is 1. The molecule has 0 aliphatic heterocycles. The summed E-state index contributed by atoms with van der Waals surface area (Å²) in [7, 11) is -0.187. The first kappa shape index (κ1) is 25.5. The molecule has 0 unspecified atom stereocenters. The van der Waals surface area contributed by atoms with E-state index in [0.717, 1.165) is 13.0 Å². The van der Waals surface area contributed by atoms with E-state index >= 15 is 0 Å². The van der Waals surface area contributed by atoms with Gasteiger partial charge in [-0.25, -0.2) is 4.18 Å². The van der Waals surface area contributed by atoms with E-state index in [1.807, 2.05) is 0 Å². The van der Waals surface area contributed by atoms with Crippen LogP contribution >= 0.6 is 0 Å². The van der Waals surface area contributed by atoms with E-state index in [9.17, 15) is 8.42 Å². The average molecular weight is 418 g/mol. The van der Waals surface area contributed by atoms with Crippen molar-refractivity contribution in [1.82, 2.24) is 0 Å². The van der Waals surface area contributed by atoms with Gasteiger partial charge in [-0.2, -0.15) is 8.42 Å². The van der Waals surface area contributed by atoms with Gasteiger partial charge in [-0.1, -0.05) is 58.3 Å². The molecule has 0 amide bonds. The third kappa shape index (κ3) is 20.3. The summed E-state index contributed by atoms with van der Waals surface area (Å²) in [4.78, 5) is 0. The van der Waals surface area contributed by atoms with Crippen LogP contribution in [0.5, 0.6) is 0 Å². The van der Waals surface area contributed by atoms with Crippen molar-refractivity contribution in [1.29, 1.82) is 0 Å². The normalized spacial score (nSPS) is 12.2. The molecular formula is C16H36BrNO4S. The van der Waals surface area contributed by atoms with Gasteiger partial charge >= 0.3 is 10.4 Å². The third-order valence-corrected chi connectivity index (χ3v) is 4.51. The smallest absolute Gasteiger partial charge is 0.397 e. The van der Waals surface area contributed by atoms with Gasteiger partial charge < -0.3 is 21.5 Å². The molecule has 1 N–H and O–H groups in total. The Labute approximate surface area is 154 Å². The summed E-state index contributed by atoms with van der Waals surface area (Å²) in [6.07, 6.45) is 13.2. The topological polar surface area (TPSA) is 63.6 Å². The van der Waals surface area contributed by atoms with Gasteiger partial charge in [-0.3, -0.25) is 4.55 Å². The lowest BCUT2D eigenvalue weighted by atomic mass is 10.1. The molecule has 0 aromatic carbocycles.